The molecular weight excluding hydrogens is 480 g/mol. The molecule has 9 nitrogen and oxygen atoms in total. The second kappa shape index (κ2) is 11.5. The zero-order valence-corrected chi connectivity index (χ0v) is 21.4. The normalized spacial score (nSPS) is 15.4. The number of hydrogen-bond donors (Lipinski definition) is 1. The second-order valence-corrected chi connectivity index (χ2v) is 8.79. The summed E-state index contributed by atoms with van der Waals surface area (Å²) in [6, 6.07) is 3.31. The van der Waals surface area contributed by atoms with E-state index < -0.39 is 5.97 Å². The maximum absolute atomic E-state index is 12.1. The van der Waals surface area contributed by atoms with Crippen LogP contribution in [0.3, 0.4) is 0 Å². The van der Waals surface area contributed by atoms with Gasteiger partial charge in [-0.3, -0.25) is 4.79 Å². The van der Waals surface area contributed by atoms with Crippen LogP contribution >= 0.6 is 23.6 Å². The number of thiocarbonyl (C=S) groups is 1. The van der Waals surface area contributed by atoms with Crippen molar-refractivity contribution in [1.82, 2.24) is 4.90 Å². The van der Waals surface area contributed by atoms with Crippen LogP contribution in [0.4, 0.5) is 5.69 Å². The number of methoxy groups -OCH3 is 3. The lowest BCUT2D eigenvalue weighted by Crippen LogP contribution is -2.49. The van der Waals surface area contributed by atoms with E-state index in [2.05, 4.69) is 5.32 Å². The molecule has 1 aromatic heterocycles. The summed E-state index contributed by atoms with van der Waals surface area (Å²) in [7, 11) is 4.36. The number of Topliss-reactive ketones (excluding diaryl/α,β-unsaturated/α-hetero) is 1. The highest BCUT2D eigenvalue weighted by atomic mass is 32.1. The standard InChI is InChI=1S/C23H28N2O7S2/c1-13-12-34-21(22(27)30-5)18(13)24-23(33)25-8-9-31-15(10-25)11-32-19-16(14(2)26)6-7-17(28-3)20(19)29-4/h6-7,12,15H,8-11H2,1-5H3,(H,24,33). The Morgan fingerprint density at radius 2 is 2.00 bits per heavy atom. The number of nitrogens with one attached hydrogen (secondary N) is 1. The minimum absolute atomic E-state index is 0.153. The number of morpholine rings is 1. The van der Waals surface area contributed by atoms with E-state index in [1.165, 1.54) is 39.6 Å². The van der Waals surface area contributed by atoms with E-state index in [0.717, 1.165) is 5.56 Å². The van der Waals surface area contributed by atoms with Crippen LogP contribution in [0.1, 0.15) is 32.5 Å². The fourth-order valence-electron chi connectivity index (χ4n) is 3.53. The number of carbonyl (C=O) groups excluding carboxylic acids is 2. The van der Waals surface area contributed by atoms with Gasteiger partial charge in [0, 0.05) is 13.1 Å². The van der Waals surface area contributed by atoms with Gasteiger partial charge >= 0.3 is 5.97 Å². The SMILES string of the molecule is COC(=O)c1scc(C)c1NC(=S)N1CCOC(COc2c(C(C)=O)ccc(OC)c2OC)C1. The molecule has 0 bridgehead atoms. The summed E-state index contributed by atoms with van der Waals surface area (Å²) in [4.78, 5) is 26.6. The largest absolute Gasteiger partial charge is 0.493 e. The molecule has 0 aliphatic carbocycles. The maximum atomic E-state index is 12.1. The van der Waals surface area contributed by atoms with Gasteiger partial charge in [0.15, 0.2) is 22.4 Å². The van der Waals surface area contributed by atoms with Crippen LogP contribution in [0.5, 0.6) is 17.2 Å². The molecule has 0 amide bonds. The van der Waals surface area contributed by atoms with Gasteiger partial charge in [0.2, 0.25) is 5.75 Å². The van der Waals surface area contributed by atoms with Crippen molar-refractivity contribution >= 4 is 46.1 Å². The number of ketones is 1. The molecule has 11 heteroatoms. The number of benzene rings is 1. The smallest absolute Gasteiger partial charge is 0.350 e. The van der Waals surface area contributed by atoms with E-state index in [9.17, 15) is 9.59 Å². The molecule has 184 valence electrons. The summed E-state index contributed by atoms with van der Waals surface area (Å²) in [6.45, 7) is 5.03. The summed E-state index contributed by atoms with van der Waals surface area (Å²) in [5, 5.41) is 5.54. The highest BCUT2D eigenvalue weighted by molar-refractivity contribution is 7.80. The van der Waals surface area contributed by atoms with E-state index in [1.54, 1.807) is 12.1 Å². The molecule has 1 aliphatic rings. The van der Waals surface area contributed by atoms with Crippen molar-refractivity contribution in [3.05, 3.63) is 33.5 Å². The summed E-state index contributed by atoms with van der Waals surface area (Å²) >= 11 is 6.92. The number of nitrogens with zero attached hydrogens (tertiary/aromatic N) is 1. The quantitative estimate of drug-likeness (QED) is 0.324. The molecule has 1 fully saturated rings. The molecule has 1 aliphatic heterocycles. The summed E-state index contributed by atoms with van der Waals surface area (Å²) in [5.41, 5.74) is 1.95. The number of anilines is 1. The van der Waals surface area contributed by atoms with Crippen molar-refractivity contribution < 1.29 is 33.3 Å². The van der Waals surface area contributed by atoms with E-state index in [-0.39, 0.29) is 18.5 Å². The van der Waals surface area contributed by atoms with Crippen LogP contribution in [0.15, 0.2) is 17.5 Å². The minimum Gasteiger partial charge on any atom is -0.493 e. The molecule has 1 aromatic carbocycles. The van der Waals surface area contributed by atoms with E-state index in [0.29, 0.717) is 58.2 Å². The lowest BCUT2D eigenvalue weighted by molar-refractivity contribution is -0.0285. The first kappa shape index (κ1) is 25.7. The zero-order valence-electron chi connectivity index (χ0n) is 19.8. The van der Waals surface area contributed by atoms with Gasteiger partial charge in [-0.15, -0.1) is 11.3 Å². The molecule has 1 N–H and O–H groups in total. The molecule has 1 saturated heterocycles. The summed E-state index contributed by atoms with van der Waals surface area (Å²) < 4.78 is 27.5. The first-order chi connectivity index (χ1) is 16.3. The van der Waals surface area contributed by atoms with Gasteiger partial charge in [0.05, 0.1) is 39.2 Å². The molecule has 0 spiro atoms. The molecule has 34 heavy (non-hydrogen) atoms. The molecule has 3 rings (SSSR count). The van der Waals surface area contributed by atoms with E-state index in [4.69, 9.17) is 35.9 Å². The van der Waals surface area contributed by atoms with Crippen LogP contribution < -0.4 is 19.5 Å². The molecular formula is C23H28N2O7S2. The predicted octanol–water partition coefficient (Wildman–Crippen LogP) is 3.54. The number of carbonyl (C=O) groups is 2. The third-order valence-electron chi connectivity index (χ3n) is 5.30. The predicted molar refractivity (Wildman–Crippen MR) is 133 cm³/mol. The highest BCUT2D eigenvalue weighted by Gasteiger charge is 2.27. The lowest BCUT2D eigenvalue weighted by Gasteiger charge is -2.34. The molecule has 1 atom stereocenters. The van der Waals surface area contributed by atoms with Gasteiger partial charge in [-0.2, -0.15) is 0 Å². The number of aryl methyl sites for hydroxylation is 1. The van der Waals surface area contributed by atoms with Gasteiger partial charge in [-0.1, -0.05) is 0 Å². The number of thiophene rings is 1. The molecule has 2 heterocycles. The van der Waals surface area contributed by atoms with E-state index >= 15 is 0 Å². The molecule has 1 unspecified atom stereocenters. The van der Waals surface area contributed by atoms with Gasteiger partial charge in [-0.05, 0) is 49.1 Å². The third-order valence-corrected chi connectivity index (χ3v) is 6.73. The summed E-state index contributed by atoms with van der Waals surface area (Å²) in [6.07, 6.45) is -0.312. The van der Waals surface area contributed by atoms with Crippen LogP contribution in [0.25, 0.3) is 0 Å². The fourth-order valence-corrected chi connectivity index (χ4v) is 4.72. The van der Waals surface area contributed by atoms with Crippen LogP contribution in [-0.2, 0) is 9.47 Å². The van der Waals surface area contributed by atoms with Gasteiger partial charge in [-0.25, -0.2) is 4.79 Å². The second-order valence-electron chi connectivity index (χ2n) is 7.53. The number of esters is 1. The number of ether oxygens (including phenoxy) is 5. The Morgan fingerprint density at radius 1 is 1.24 bits per heavy atom. The van der Waals surface area contributed by atoms with Crippen molar-refractivity contribution in [2.75, 3.05) is 52.9 Å². The minimum atomic E-state index is -0.412. The monoisotopic (exact) mass is 508 g/mol. The van der Waals surface area contributed by atoms with Gasteiger partial charge in [0.1, 0.15) is 17.6 Å². The average molecular weight is 509 g/mol. The Hall–Kier alpha value is -2.89. The highest BCUT2D eigenvalue weighted by Crippen LogP contribution is 2.40. The van der Waals surface area contributed by atoms with E-state index in [1.807, 2.05) is 17.2 Å². The van der Waals surface area contributed by atoms with Crippen LogP contribution in [-0.4, -0.2) is 75.5 Å². The van der Waals surface area contributed by atoms with Crippen molar-refractivity contribution in [2.24, 2.45) is 0 Å². The third kappa shape index (κ3) is 5.60. The van der Waals surface area contributed by atoms with Gasteiger partial charge < -0.3 is 33.9 Å². The summed E-state index contributed by atoms with van der Waals surface area (Å²) in [5.74, 6) is 0.563. The van der Waals surface area contributed by atoms with Crippen LogP contribution in [0.2, 0.25) is 0 Å². The maximum Gasteiger partial charge on any atom is 0.350 e. The lowest BCUT2D eigenvalue weighted by atomic mass is 10.1. The fraction of sp³-hybridized carbons (Fsp3) is 0.435. The molecule has 0 radical (unpaired) electrons. The van der Waals surface area contributed by atoms with Crippen molar-refractivity contribution in [1.29, 1.82) is 0 Å². The Bertz CT molecular complexity index is 1070. The Labute approximate surface area is 207 Å². The Morgan fingerprint density at radius 3 is 2.65 bits per heavy atom. The first-order valence-electron chi connectivity index (χ1n) is 10.5. The Kier molecular flexibility index (Phi) is 8.70. The van der Waals surface area contributed by atoms with Crippen LogP contribution in [0, 0.1) is 6.92 Å². The number of rotatable bonds is 8. The topological polar surface area (TPSA) is 95.6 Å². The Balaban J connectivity index is 1.70. The van der Waals surface area contributed by atoms with Crippen molar-refractivity contribution in [3.63, 3.8) is 0 Å². The average Bonchev–Trinajstić information content (AvgIpc) is 3.21. The van der Waals surface area contributed by atoms with Gasteiger partial charge in [0.25, 0.3) is 0 Å². The molecule has 0 saturated carbocycles. The molecule has 2 aromatic rings. The van der Waals surface area contributed by atoms with Crippen molar-refractivity contribution in [3.8, 4) is 17.2 Å². The van der Waals surface area contributed by atoms with Crippen molar-refractivity contribution in [2.45, 2.75) is 20.0 Å². The number of hydrogen-bond acceptors (Lipinski definition) is 9. The first-order valence-corrected chi connectivity index (χ1v) is 11.8. The zero-order chi connectivity index (χ0) is 24.8.